The maximum absolute atomic E-state index is 10.1. The Morgan fingerprint density at radius 2 is 1.31 bits per heavy atom. The number of aliphatic hydroxyl groups excluding tert-OH is 2. The summed E-state index contributed by atoms with van der Waals surface area (Å²) < 4.78 is 5.06. The normalized spacial score (nSPS) is 13.3. The molecular weight excluding hydrogens is 336 g/mol. The molecule has 0 spiro atoms. The average molecular weight is 362 g/mol. The second kappa shape index (κ2) is 9.31. The van der Waals surface area contributed by atoms with Crippen LogP contribution in [-0.4, -0.2) is 44.9 Å². The third-order valence-corrected chi connectivity index (χ3v) is 4.36. The summed E-state index contributed by atoms with van der Waals surface area (Å²) in [6.45, 7) is 0. The molecule has 6 nitrogen and oxygen atoms in total. The molecule has 0 heterocycles. The van der Waals surface area contributed by atoms with Gasteiger partial charge >= 0.3 is 0 Å². The van der Waals surface area contributed by atoms with E-state index in [2.05, 4.69) is 0 Å². The van der Waals surface area contributed by atoms with Crippen molar-refractivity contribution in [2.45, 2.75) is 44.3 Å². The number of hydrogen-bond acceptors (Lipinski definition) is 6. The van der Waals surface area contributed by atoms with Crippen LogP contribution in [0.15, 0.2) is 36.4 Å². The summed E-state index contributed by atoms with van der Waals surface area (Å²) >= 11 is 0. The lowest BCUT2D eigenvalue weighted by molar-refractivity contribution is 0.0714. The van der Waals surface area contributed by atoms with Crippen LogP contribution in [0.1, 0.15) is 30.4 Å². The minimum atomic E-state index is -0.657. The zero-order valence-electron chi connectivity index (χ0n) is 14.8. The van der Waals surface area contributed by atoms with Crippen LogP contribution in [-0.2, 0) is 12.8 Å². The van der Waals surface area contributed by atoms with Crippen LogP contribution in [0.3, 0.4) is 0 Å². The highest BCUT2D eigenvalue weighted by Gasteiger charge is 2.13. The molecule has 0 radical (unpaired) electrons. The number of benzene rings is 2. The molecule has 2 aromatic carbocycles. The van der Waals surface area contributed by atoms with Gasteiger partial charge in [-0.1, -0.05) is 12.1 Å². The van der Waals surface area contributed by atoms with Crippen molar-refractivity contribution in [1.82, 2.24) is 0 Å². The first-order chi connectivity index (χ1) is 12.4. The molecule has 0 fully saturated rings. The first kappa shape index (κ1) is 19.9. The molecule has 2 atom stereocenters. The summed E-state index contributed by atoms with van der Waals surface area (Å²) in [5.74, 6) is 0.124. The Bertz CT molecular complexity index is 715. The second-order valence-corrected chi connectivity index (χ2v) is 6.45. The molecule has 2 aromatic rings. The van der Waals surface area contributed by atoms with Gasteiger partial charge in [0.15, 0.2) is 23.0 Å². The van der Waals surface area contributed by atoms with Crippen LogP contribution in [0.4, 0.5) is 0 Å². The van der Waals surface area contributed by atoms with E-state index in [0.717, 1.165) is 11.1 Å². The number of aromatic hydroxyl groups is 3. The highest BCUT2D eigenvalue weighted by atomic mass is 16.5. The number of aryl methyl sites for hydroxylation is 2. The molecule has 0 aliphatic heterocycles. The fourth-order valence-electron chi connectivity index (χ4n) is 2.82. The van der Waals surface area contributed by atoms with Crippen LogP contribution in [0, 0.1) is 0 Å². The summed E-state index contributed by atoms with van der Waals surface area (Å²) in [7, 11) is 1.48. The van der Waals surface area contributed by atoms with Gasteiger partial charge in [-0.05, 0) is 67.5 Å². The van der Waals surface area contributed by atoms with E-state index in [1.165, 1.54) is 19.2 Å². The van der Waals surface area contributed by atoms with Gasteiger partial charge in [0.05, 0.1) is 19.3 Å². The van der Waals surface area contributed by atoms with Gasteiger partial charge in [0.25, 0.3) is 0 Å². The van der Waals surface area contributed by atoms with Gasteiger partial charge in [-0.25, -0.2) is 0 Å². The van der Waals surface area contributed by atoms with Gasteiger partial charge in [-0.15, -0.1) is 0 Å². The van der Waals surface area contributed by atoms with Crippen LogP contribution < -0.4 is 4.74 Å². The number of phenols is 3. The second-order valence-electron chi connectivity index (χ2n) is 6.45. The summed E-state index contributed by atoms with van der Waals surface area (Å²) in [6.07, 6.45) is 1.06. The predicted molar refractivity (Wildman–Crippen MR) is 97.7 cm³/mol. The molecule has 0 aliphatic carbocycles. The fourth-order valence-corrected chi connectivity index (χ4v) is 2.82. The van der Waals surface area contributed by atoms with Crippen LogP contribution in [0.2, 0.25) is 0 Å². The number of methoxy groups -OCH3 is 1. The lowest BCUT2D eigenvalue weighted by atomic mass is 9.99. The Hall–Kier alpha value is -2.44. The SMILES string of the molecule is COc1cc(CC[C@@H](O)C[C@H](O)CCc2ccc(O)c(O)c2)ccc1O. The monoisotopic (exact) mass is 362 g/mol. The Labute approximate surface area is 152 Å². The predicted octanol–water partition coefficient (Wildman–Crippen LogP) is 2.49. The lowest BCUT2D eigenvalue weighted by Gasteiger charge is -2.16. The summed E-state index contributed by atoms with van der Waals surface area (Å²) in [5, 5.41) is 48.6. The average Bonchev–Trinajstić information content (AvgIpc) is 2.62. The molecule has 6 heteroatoms. The number of aliphatic hydroxyl groups is 2. The van der Waals surface area contributed by atoms with E-state index in [1.54, 1.807) is 24.3 Å². The van der Waals surface area contributed by atoms with Crippen molar-refractivity contribution in [1.29, 1.82) is 0 Å². The smallest absolute Gasteiger partial charge is 0.160 e. The molecule has 0 amide bonds. The van der Waals surface area contributed by atoms with Crippen LogP contribution in [0.25, 0.3) is 0 Å². The Morgan fingerprint density at radius 3 is 1.85 bits per heavy atom. The zero-order valence-corrected chi connectivity index (χ0v) is 14.8. The van der Waals surface area contributed by atoms with Crippen molar-refractivity contribution < 1.29 is 30.3 Å². The highest BCUT2D eigenvalue weighted by molar-refractivity contribution is 5.42. The quantitative estimate of drug-likeness (QED) is 0.438. The number of rotatable bonds is 9. The van der Waals surface area contributed by atoms with Crippen molar-refractivity contribution in [2.75, 3.05) is 7.11 Å². The number of hydrogen-bond donors (Lipinski definition) is 5. The Morgan fingerprint density at radius 1 is 0.769 bits per heavy atom. The summed E-state index contributed by atoms with van der Waals surface area (Å²) in [6, 6.07) is 9.64. The molecule has 5 N–H and O–H groups in total. The van der Waals surface area contributed by atoms with Crippen molar-refractivity contribution in [3.63, 3.8) is 0 Å². The van der Waals surface area contributed by atoms with Gasteiger partial charge in [-0.2, -0.15) is 0 Å². The minimum absolute atomic E-state index is 0.0764. The van der Waals surface area contributed by atoms with Gasteiger partial charge in [-0.3, -0.25) is 0 Å². The first-order valence-corrected chi connectivity index (χ1v) is 8.62. The van der Waals surface area contributed by atoms with E-state index in [9.17, 15) is 25.5 Å². The van der Waals surface area contributed by atoms with E-state index in [1.807, 2.05) is 0 Å². The van der Waals surface area contributed by atoms with E-state index >= 15 is 0 Å². The molecule has 0 aliphatic rings. The van der Waals surface area contributed by atoms with E-state index in [4.69, 9.17) is 4.74 Å². The van der Waals surface area contributed by atoms with Crippen LogP contribution >= 0.6 is 0 Å². The lowest BCUT2D eigenvalue weighted by Crippen LogP contribution is -2.19. The van der Waals surface area contributed by atoms with Gasteiger partial charge in [0, 0.05) is 0 Å². The highest BCUT2D eigenvalue weighted by Crippen LogP contribution is 2.27. The molecule has 2 rings (SSSR count). The maximum Gasteiger partial charge on any atom is 0.160 e. The molecule has 142 valence electrons. The van der Waals surface area contributed by atoms with Crippen molar-refractivity contribution in [3.05, 3.63) is 47.5 Å². The van der Waals surface area contributed by atoms with Crippen molar-refractivity contribution in [3.8, 4) is 23.0 Å². The Balaban J connectivity index is 1.76. The summed E-state index contributed by atoms with van der Waals surface area (Å²) in [4.78, 5) is 0. The Kier molecular flexibility index (Phi) is 7.12. The topological polar surface area (TPSA) is 110 Å². The van der Waals surface area contributed by atoms with Gasteiger partial charge in [0.1, 0.15) is 0 Å². The molecule has 0 unspecified atom stereocenters. The van der Waals surface area contributed by atoms with E-state index in [0.29, 0.717) is 31.4 Å². The molecule has 0 bridgehead atoms. The van der Waals surface area contributed by atoms with Gasteiger partial charge in [0.2, 0.25) is 0 Å². The zero-order chi connectivity index (χ0) is 19.1. The van der Waals surface area contributed by atoms with Gasteiger partial charge < -0.3 is 30.3 Å². The molecular formula is C20H26O6. The first-order valence-electron chi connectivity index (χ1n) is 8.62. The van der Waals surface area contributed by atoms with Crippen molar-refractivity contribution in [2.24, 2.45) is 0 Å². The third-order valence-electron chi connectivity index (χ3n) is 4.36. The molecule has 0 saturated carbocycles. The number of ether oxygens (including phenoxy) is 1. The largest absolute Gasteiger partial charge is 0.504 e. The fraction of sp³-hybridized carbons (Fsp3) is 0.400. The third kappa shape index (κ3) is 5.82. The minimum Gasteiger partial charge on any atom is -0.504 e. The number of phenolic OH excluding ortho intramolecular Hbond substituents is 3. The molecule has 0 aromatic heterocycles. The standard InChI is InChI=1S/C20H26O6/c1-26-20-11-14(5-9-18(20)24)3-7-16(22)12-15(21)6-2-13-4-8-17(23)19(25)10-13/h4-5,8-11,15-16,21-25H,2-3,6-7,12H2,1H3/t15-,16-/m1/s1. The van der Waals surface area contributed by atoms with E-state index < -0.39 is 12.2 Å². The molecule has 26 heavy (non-hydrogen) atoms. The van der Waals surface area contributed by atoms with Crippen molar-refractivity contribution >= 4 is 0 Å². The maximum atomic E-state index is 10.1. The summed E-state index contributed by atoms with van der Waals surface area (Å²) in [5.41, 5.74) is 1.75. The van der Waals surface area contributed by atoms with Crippen LogP contribution in [0.5, 0.6) is 23.0 Å². The molecule has 0 saturated heterocycles. The van der Waals surface area contributed by atoms with E-state index in [-0.39, 0.29) is 23.7 Å².